The molecule has 2 fully saturated rings. The first-order valence-electron chi connectivity index (χ1n) is 23.3. The van der Waals surface area contributed by atoms with E-state index in [-0.39, 0.29) is 21.7 Å². The van der Waals surface area contributed by atoms with Gasteiger partial charge in [-0.15, -0.1) is 0 Å². The highest BCUT2D eigenvalue weighted by Crippen LogP contribution is 2.56. The van der Waals surface area contributed by atoms with Crippen molar-refractivity contribution >= 4 is 11.8 Å². The summed E-state index contributed by atoms with van der Waals surface area (Å²) >= 11 is 2.28. The second-order valence-electron chi connectivity index (χ2n) is 20.9. The molecule has 0 aromatic heterocycles. The molecular formula is C52H86O2S. The predicted molar refractivity (Wildman–Crippen MR) is 244 cm³/mol. The van der Waals surface area contributed by atoms with Crippen LogP contribution in [0.1, 0.15) is 257 Å². The van der Waals surface area contributed by atoms with Gasteiger partial charge in [0, 0.05) is 32.8 Å². The summed E-state index contributed by atoms with van der Waals surface area (Å²) in [5.41, 5.74) is 7.40. The van der Waals surface area contributed by atoms with Gasteiger partial charge in [-0.2, -0.15) is 11.8 Å². The molecule has 2 aromatic rings. The van der Waals surface area contributed by atoms with Gasteiger partial charge in [0.25, 0.3) is 0 Å². The highest BCUT2D eigenvalue weighted by molar-refractivity contribution is 8.00. The van der Waals surface area contributed by atoms with Crippen LogP contribution in [0.4, 0.5) is 0 Å². The summed E-state index contributed by atoms with van der Waals surface area (Å²) in [6.45, 7) is 28.2. The number of rotatable bonds is 22. The molecule has 4 rings (SSSR count). The van der Waals surface area contributed by atoms with Gasteiger partial charge in [-0.3, -0.25) is 0 Å². The minimum absolute atomic E-state index is 0.0746. The van der Waals surface area contributed by atoms with E-state index in [2.05, 4.69) is 119 Å². The fraction of sp³-hybridized carbons (Fsp3) is 0.769. The van der Waals surface area contributed by atoms with Gasteiger partial charge in [0.1, 0.15) is 11.5 Å². The van der Waals surface area contributed by atoms with Gasteiger partial charge in [0.05, 0.1) is 0 Å². The maximum Gasteiger partial charge on any atom is 0.123 e. The van der Waals surface area contributed by atoms with E-state index in [1.165, 1.54) is 136 Å². The Labute approximate surface area is 345 Å². The van der Waals surface area contributed by atoms with Crippen molar-refractivity contribution in [2.45, 2.75) is 255 Å². The monoisotopic (exact) mass is 775 g/mol. The molecule has 0 spiro atoms. The number of hydrogen-bond donors (Lipinski definition) is 2. The first-order chi connectivity index (χ1) is 25.9. The molecule has 4 atom stereocenters. The van der Waals surface area contributed by atoms with Gasteiger partial charge in [0.2, 0.25) is 0 Å². The van der Waals surface area contributed by atoms with Crippen molar-refractivity contribution in [3.05, 3.63) is 57.6 Å². The van der Waals surface area contributed by atoms with Crippen LogP contribution in [0.2, 0.25) is 0 Å². The molecule has 2 saturated heterocycles. The zero-order valence-corrected chi connectivity index (χ0v) is 38.9. The van der Waals surface area contributed by atoms with Crippen molar-refractivity contribution in [2.75, 3.05) is 0 Å². The molecule has 2 aromatic carbocycles. The van der Waals surface area contributed by atoms with Gasteiger partial charge in [-0.1, -0.05) is 184 Å². The summed E-state index contributed by atoms with van der Waals surface area (Å²) in [6, 6.07) is 9.89. The smallest absolute Gasteiger partial charge is 0.123 e. The van der Waals surface area contributed by atoms with E-state index in [1.54, 1.807) is 0 Å². The maximum atomic E-state index is 12.2. The fourth-order valence-electron chi connectivity index (χ4n) is 10.4. The van der Waals surface area contributed by atoms with Crippen molar-refractivity contribution in [1.29, 1.82) is 0 Å². The van der Waals surface area contributed by atoms with E-state index in [1.807, 2.05) is 0 Å². The van der Waals surface area contributed by atoms with Gasteiger partial charge < -0.3 is 10.2 Å². The zero-order valence-electron chi connectivity index (χ0n) is 38.1. The molecule has 0 radical (unpaired) electrons. The van der Waals surface area contributed by atoms with Gasteiger partial charge in [0.15, 0.2) is 0 Å². The SMILES string of the molecule is CCCCCC(C)(C)c1cc(C2CCC(c3cc(C(C)(C)CCCCC)c(O)c(C(C)(C)CCCCC)c3)C3CCC2S3)cc(C(C)(C)CCCCC)c1O. The van der Waals surface area contributed by atoms with E-state index < -0.39 is 0 Å². The summed E-state index contributed by atoms with van der Waals surface area (Å²) in [6.07, 6.45) is 24.0. The molecule has 0 aliphatic carbocycles. The topological polar surface area (TPSA) is 40.5 Å². The van der Waals surface area contributed by atoms with Crippen molar-refractivity contribution in [2.24, 2.45) is 0 Å². The summed E-state index contributed by atoms with van der Waals surface area (Å²) in [5.74, 6) is 2.12. The first-order valence-corrected chi connectivity index (χ1v) is 24.3. The molecule has 2 nitrogen and oxygen atoms in total. The Morgan fingerprint density at radius 1 is 0.436 bits per heavy atom. The minimum Gasteiger partial charge on any atom is -0.507 e. The van der Waals surface area contributed by atoms with Crippen LogP contribution >= 0.6 is 11.8 Å². The van der Waals surface area contributed by atoms with Gasteiger partial charge >= 0.3 is 0 Å². The van der Waals surface area contributed by atoms with E-state index in [0.717, 1.165) is 25.7 Å². The number of aromatic hydroxyl groups is 2. The van der Waals surface area contributed by atoms with Gasteiger partial charge in [-0.05, 0) is 96.0 Å². The van der Waals surface area contributed by atoms with Crippen LogP contribution in [0, 0.1) is 0 Å². The molecule has 55 heavy (non-hydrogen) atoms. The molecule has 2 aliphatic rings. The quantitative estimate of drug-likeness (QED) is 0.117. The first kappa shape index (κ1) is 46.1. The number of phenolic OH excluding ortho intramolecular Hbond substituents is 2. The van der Waals surface area contributed by atoms with E-state index >= 15 is 0 Å². The molecule has 2 bridgehead atoms. The molecule has 312 valence electrons. The molecule has 4 unspecified atom stereocenters. The second kappa shape index (κ2) is 19.9. The third-order valence-corrected chi connectivity index (χ3v) is 16.3. The Kier molecular flexibility index (Phi) is 16.7. The van der Waals surface area contributed by atoms with Crippen LogP contribution in [0.5, 0.6) is 11.5 Å². The molecule has 2 N–H and O–H groups in total. The second-order valence-corrected chi connectivity index (χ2v) is 22.4. The van der Waals surface area contributed by atoms with Crippen LogP contribution < -0.4 is 0 Å². The third kappa shape index (κ3) is 11.3. The van der Waals surface area contributed by atoms with Crippen LogP contribution in [0.3, 0.4) is 0 Å². The molecule has 3 heteroatoms. The average molecular weight is 775 g/mol. The molecule has 2 heterocycles. The predicted octanol–water partition coefficient (Wildman–Crippen LogP) is 16.5. The van der Waals surface area contributed by atoms with E-state index in [0.29, 0.717) is 33.8 Å². The maximum absolute atomic E-state index is 12.2. The fourth-order valence-corrected chi connectivity index (χ4v) is 12.3. The van der Waals surface area contributed by atoms with E-state index in [9.17, 15) is 10.2 Å². The highest BCUT2D eigenvalue weighted by atomic mass is 32.2. The van der Waals surface area contributed by atoms with Crippen molar-refractivity contribution in [3.63, 3.8) is 0 Å². The van der Waals surface area contributed by atoms with Crippen molar-refractivity contribution in [1.82, 2.24) is 0 Å². The Morgan fingerprint density at radius 3 is 0.927 bits per heavy atom. The standard InChI is InChI=1S/C52H86O2S/c1-13-17-21-29-49(5,6)41-33-37(34-42(47(41)53)50(7,8)30-22-18-14-2)39-25-26-40(46-28-27-45(39)55-46)38-35-43(51(9,10)31-23-19-15-3)48(54)44(36-38)52(11,12)32-24-20-16-4/h33-36,39-40,45-46,53-54H,13-32H2,1-12H3. The van der Waals surface area contributed by atoms with Crippen LogP contribution in [-0.2, 0) is 21.7 Å². The third-order valence-electron chi connectivity index (χ3n) is 14.4. The number of unbranched alkanes of at least 4 members (excludes halogenated alkanes) is 8. The van der Waals surface area contributed by atoms with E-state index in [4.69, 9.17) is 0 Å². The highest BCUT2D eigenvalue weighted by Gasteiger charge is 2.43. The van der Waals surface area contributed by atoms with Crippen molar-refractivity contribution < 1.29 is 10.2 Å². The Balaban J connectivity index is 1.79. The number of benzene rings is 2. The summed E-state index contributed by atoms with van der Waals surface area (Å²) in [5, 5.41) is 25.6. The minimum atomic E-state index is -0.0746. The summed E-state index contributed by atoms with van der Waals surface area (Å²) < 4.78 is 0. The largest absolute Gasteiger partial charge is 0.507 e. The van der Waals surface area contributed by atoms with Crippen LogP contribution in [0.25, 0.3) is 0 Å². The number of phenols is 2. The molecular weight excluding hydrogens is 689 g/mol. The average Bonchev–Trinajstić information content (AvgIpc) is 3.51. The number of hydrogen-bond acceptors (Lipinski definition) is 3. The van der Waals surface area contributed by atoms with Crippen LogP contribution in [-0.4, -0.2) is 20.7 Å². The molecule has 0 amide bonds. The summed E-state index contributed by atoms with van der Waals surface area (Å²) in [7, 11) is 0. The normalized spacial score (nSPS) is 20.9. The summed E-state index contributed by atoms with van der Waals surface area (Å²) in [4.78, 5) is 0. The Bertz CT molecular complexity index is 1300. The number of thioether (sulfide) groups is 1. The lowest BCUT2D eigenvalue weighted by atomic mass is 9.70. The lowest BCUT2D eigenvalue weighted by Crippen LogP contribution is -2.24. The lowest BCUT2D eigenvalue weighted by molar-refractivity contribution is 0.376. The Morgan fingerprint density at radius 2 is 0.691 bits per heavy atom. The van der Waals surface area contributed by atoms with Crippen LogP contribution in [0.15, 0.2) is 24.3 Å². The Hall–Kier alpha value is -1.61. The zero-order chi connectivity index (χ0) is 40.6. The number of fused-ring (bicyclic) bond motifs is 2. The van der Waals surface area contributed by atoms with Crippen molar-refractivity contribution in [3.8, 4) is 11.5 Å². The lowest BCUT2D eigenvalue weighted by Gasteiger charge is -2.35. The van der Waals surface area contributed by atoms with Gasteiger partial charge in [-0.25, -0.2) is 0 Å². The molecule has 2 aliphatic heterocycles. The molecule has 0 saturated carbocycles.